The Hall–Kier alpha value is -2.71. The number of aromatic nitrogens is 2. The van der Waals surface area contributed by atoms with Crippen LogP contribution in [0.25, 0.3) is 11.4 Å². The minimum Gasteiger partial charge on any atom is -0.337 e. The number of nitrogens with one attached hydrogen (secondary N) is 1. The van der Waals surface area contributed by atoms with Crippen LogP contribution in [0.15, 0.2) is 40.2 Å². The molecule has 28 heavy (non-hydrogen) atoms. The van der Waals surface area contributed by atoms with Gasteiger partial charge in [0.25, 0.3) is 5.91 Å². The molecule has 0 radical (unpaired) electrons. The second-order valence-electron chi connectivity index (χ2n) is 6.83. The van der Waals surface area contributed by atoms with Gasteiger partial charge in [-0.3, -0.25) is 9.69 Å². The second kappa shape index (κ2) is 6.42. The maximum atomic E-state index is 13.2. The molecular weight excluding hydrogens is 400 g/mol. The number of imide groups is 1. The third-order valence-corrected chi connectivity index (χ3v) is 6.52. The van der Waals surface area contributed by atoms with Gasteiger partial charge in [-0.2, -0.15) is 4.98 Å². The highest BCUT2D eigenvalue weighted by molar-refractivity contribution is 7.10. The van der Waals surface area contributed by atoms with E-state index < -0.39 is 11.6 Å². The van der Waals surface area contributed by atoms with Crippen LogP contribution in [0.3, 0.4) is 0 Å². The van der Waals surface area contributed by atoms with Crippen molar-refractivity contribution < 1.29 is 14.1 Å². The van der Waals surface area contributed by atoms with Gasteiger partial charge in [-0.15, -0.1) is 11.3 Å². The first-order chi connectivity index (χ1) is 13.6. The quantitative estimate of drug-likeness (QED) is 0.659. The number of hydrogen-bond donors (Lipinski definition) is 1. The maximum Gasteiger partial charge on any atom is 0.325 e. The summed E-state index contributed by atoms with van der Waals surface area (Å²) in [6.45, 7) is -0.0800. The average Bonchev–Trinajstić information content (AvgIpc) is 3.40. The van der Waals surface area contributed by atoms with Crippen molar-refractivity contribution in [2.45, 2.75) is 31.3 Å². The van der Waals surface area contributed by atoms with Crippen LogP contribution < -0.4 is 5.32 Å². The standard InChI is InChI=1S/C19H15ClN4O3S/c20-13-5-2-1-4-11(13)16-21-15(27-23-16)10-24-17(25)19(22-18(24)26)8-3-6-14-12(19)7-9-28-14/h1-2,4-5,7,9H,3,6,8,10H2,(H,22,26). The molecule has 2 aliphatic rings. The van der Waals surface area contributed by atoms with Gasteiger partial charge in [0.15, 0.2) is 0 Å². The van der Waals surface area contributed by atoms with Gasteiger partial charge in [-0.05, 0) is 42.8 Å². The van der Waals surface area contributed by atoms with Crippen LogP contribution in [0, 0.1) is 0 Å². The van der Waals surface area contributed by atoms with E-state index in [1.54, 1.807) is 23.5 Å². The molecule has 1 saturated heterocycles. The Morgan fingerprint density at radius 1 is 1.29 bits per heavy atom. The minimum absolute atomic E-state index is 0.0800. The van der Waals surface area contributed by atoms with Crippen LogP contribution in [0.2, 0.25) is 5.02 Å². The van der Waals surface area contributed by atoms with Gasteiger partial charge >= 0.3 is 6.03 Å². The zero-order valence-corrected chi connectivity index (χ0v) is 16.2. The number of aryl methyl sites for hydroxylation is 1. The van der Waals surface area contributed by atoms with Crippen LogP contribution in [-0.2, 0) is 23.3 Å². The summed E-state index contributed by atoms with van der Waals surface area (Å²) in [5, 5.41) is 9.31. The molecule has 1 atom stereocenters. The van der Waals surface area contributed by atoms with Crippen LogP contribution in [0.1, 0.15) is 29.2 Å². The monoisotopic (exact) mass is 414 g/mol. The van der Waals surface area contributed by atoms with Gasteiger partial charge < -0.3 is 9.84 Å². The zero-order chi connectivity index (χ0) is 19.3. The minimum atomic E-state index is -0.976. The number of halogens is 1. The molecule has 1 N–H and O–H groups in total. The van der Waals surface area contributed by atoms with Crippen molar-refractivity contribution in [2.75, 3.05) is 0 Å². The normalized spacial score (nSPS) is 21.2. The molecule has 3 amide bonds. The zero-order valence-electron chi connectivity index (χ0n) is 14.6. The van der Waals surface area contributed by atoms with Gasteiger partial charge in [0.1, 0.15) is 12.1 Å². The van der Waals surface area contributed by atoms with Gasteiger partial charge in [0.05, 0.1) is 5.02 Å². The number of amides is 3. The second-order valence-corrected chi connectivity index (χ2v) is 8.24. The highest BCUT2D eigenvalue weighted by Crippen LogP contribution is 2.42. The third kappa shape index (κ3) is 2.56. The number of hydrogen-bond acceptors (Lipinski definition) is 6. The number of carbonyl (C=O) groups is 2. The van der Waals surface area contributed by atoms with E-state index in [2.05, 4.69) is 15.5 Å². The van der Waals surface area contributed by atoms with Crippen molar-refractivity contribution in [3.05, 3.63) is 57.1 Å². The number of urea groups is 1. The maximum absolute atomic E-state index is 13.2. The van der Waals surface area contributed by atoms with E-state index in [1.807, 2.05) is 23.6 Å². The van der Waals surface area contributed by atoms with E-state index in [0.717, 1.165) is 28.2 Å². The number of thiophene rings is 1. The van der Waals surface area contributed by atoms with E-state index in [-0.39, 0.29) is 18.3 Å². The molecule has 0 saturated carbocycles. The molecule has 0 bridgehead atoms. The molecule has 9 heteroatoms. The lowest BCUT2D eigenvalue weighted by Gasteiger charge is -2.31. The Balaban J connectivity index is 1.43. The molecule has 1 unspecified atom stereocenters. The first kappa shape index (κ1) is 17.4. The van der Waals surface area contributed by atoms with Gasteiger partial charge in [0, 0.05) is 16.0 Å². The fourth-order valence-electron chi connectivity index (χ4n) is 3.89. The predicted molar refractivity (Wildman–Crippen MR) is 103 cm³/mol. The SMILES string of the molecule is O=C1NC2(CCCc3sccc32)C(=O)N1Cc1nc(-c2ccccc2Cl)no1. The van der Waals surface area contributed by atoms with Crippen LogP contribution >= 0.6 is 22.9 Å². The van der Waals surface area contributed by atoms with Crippen molar-refractivity contribution in [2.24, 2.45) is 0 Å². The number of carbonyl (C=O) groups excluding carboxylic acids is 2. The van der Waals surface area contributed by atoms with Crippen LogP contribution in [0.4, 0.5) is 4.79 Å². The predicted octanol–water partition coefficient (Wildman–Crippen LogP) is 3.74. The summed E-state index contributed by atoms with van der Waals surface area (Å²) in [6, 6.07) is 8.63. The van der Waals surface area contributed by atoms with E-state index in [9.17, 15) is 9.59 Å². The molecular formula is C19H15ClN4O3S. The Bertz CT molecular complexity index is 1090. The molecule has 1 fully saturated rings. The first-order valence-corrected chi connectivity index (χ1v) is 10.1. The molecule has 1 aliphatic heterocycles. The summed E-state index contributed by atoms with van der Waals surface area (Å²) >= 11 is 7.79. The van der Waals surface area contributed by atoms with E-state index in [4.69, 9.17) is 16.1 Å². The van der Waals surface area contributed by atoms with Crippen LogP contribution in [0.5, 0.6) is 0 Å². The Morgan fingerprint density at radius 2 is 2.14 bits per heavy atom. The highest BCUT2D eigenvalue weighted by atomic mass is 35.5. The molecule has 3 aromatic rings. The summed E-state index contributed by atoms with van der Waals surface area (Å²) in [5.41, 5.74) is 0.561. The van der Waals surface area contributed by atoms with E-state index in [0.29, 0.717) is 22.8 Å². The van der Waals surface area contributed by atoms with E-state index in [1.165, 1.54) is 0 Å². The third-order valence-electron chi connectivity index (χ3n) is 5.21. The van der Waals surface area contributed by atoms with Crippen molar-refractivity contribution in [3.63, 3.8) is 0 Å². The lowest BCUT2D eigenvalue weighted by Crippen LogP contribution is -2.46. The lowest BCUT2D eigenvalue weighted by atomic mass is 9.80. The smallest absolute Gasteiger partial charge is 0.325 e. The molecule has 142 valence electrons. The molecule has 1 aromatic carbocycles. The summed E-state index contributed by atoms with van der Waals surface area (Å²) in [7, 11) is 0. The number of fused-ring (bicyclic) bond motifs is 2. The molecule has 7 nitrogen and oxygen atoms in total. The Kier molecular flexibility index (Phi) is 3.99. The Morgan fingerprint density at radius 3 is 3.00 bits per heavy atom. The summed E-state index contributed by atoms with van der Waals surface area (Å²) < 4.78 is 5.27. The largest absolute Gasteiger partial charge is 0.337 e. The van der Waals surface area contributed by atoms with Crippen molar-refractivity contribution in [3.8, 4) is 11.4 Å². The van der Waals surface area contributed by atoms with E-state index >= 15 is 0 Å². The summed E-state index contributed by atoms with van der Waals surface area (Å²) in [6.07, 6.45) is 2.37. The van der Waals surface area contributed by atoms with Crippen molar-refractivity contribution >= 4 is 34.9 Å². The average molecular weight is 415 g/mol. The molecule has 5 rings (SSSR count). The fourth-order valence-corrected chi connectivity index (χ4v) is 5.11. The molecule has 3 heterocycles. The molecule has 2 aromatic heterocycles. The summed E-state index contributed by atoms with van der Waals surface area (Å²) in [5.74, 6) is 0.228. The Labute approximate surface area is 169 Å². The summed E-state index contributed by atoms with van der Waals surface area (Å²) in [4.78, 5) is 32.4. The highest BCUT2D eigenvalue weighted by Gasteiger charge is 2.54. The first-order valence-electron chi connectivity index (χ1n) is 8.87. The molecule has 1 spiro atoms. The van der Waals surface area contributed by atoms with Gasteiger partial charge in [-0.25, -0.2) is 4.79 Å². The molecule has 1 aliphatic carbocycles. The number of rotatable bonds is 3. The van der Waals surface area contributed by atoms with Gasteiger partial charge in [-0.1, -0.05) is 28.9 Å². The number of benzene rings is 1. The lowest BCUT2D eigenvalue weighted by molar-refractivity contribution is -0.132. The number of nitrogens with zero attached hydrogens (tertiary/aromatic N) is 3. The van der Waals surface area contributed by atoms with Crippen molar-refractivity contribution in [1.29, 1.82) is 0 Å². The topological polar surface area (TPSA) is 88.3 Å². The van der Waals surface area contributed by atoms with Crippen LogP contribution in [-0.4, -0.2) is 27.0 Å². The fraction of sp³-hybridized carbons (Fsp3) is 0.263. The van der Waals surface area contributed by atoms with Crippen molar-refractivity contribution in [1.82, 2.24) is 20.4 Å². The van der Waals surface area contributed by atoms with Gasteiger partial charge in [0.2, 0.25) is 11.7 Å².